The number of amides is 2. The fraction of sp³-hybridized carbons (Fsp3) is 0.286. The minimum absolute atomic E-state index is 0.00872. The molecule has 3 heterocycles. The molecule has 2 aliphatic rings. The number of nitrogens with zero attached hydrogens (tertiary/aromatic N) is 4. The maximum Gasteiger partial charge on any atom is 0.250 e. The minimum Gasteiger partial charge on any atom is -0.369 e. The van der Waals surface area contributed by atoms with Gasteiger partial charge >= 0.3 is 0 Å². The maximum atomic E-state index is 13.5. The first-order valence-electron chi connectivity index (χ1n) is 12.1. The Kier molecular flexibility index (Phi) is 4.90. The summed E-state index contributed by atoms with van der Waals surface area (Å²) < 4.78 is 3.29. The number of carbonyl (C=O) groups is 2. The summed E-state index contributed by atoms with van der Waals surface area (Å²) in [6.07, 6.45) is 5.24. The number of hydrogen-bond acceptors (Lipinski definition) is 4. The van der Waals surface area contributed by atoms with Gasteiger partial charge in [0.25, 0.3) is 0 Å². The van der Waals surface area contributed by atoms with Gasteiger partial charge in [-0.2, -0.15) is 5.10 Å². The van der Waals surface area contributed by atoms with Crippen LogP contribution in [0.25, 0.3) is 16.6 Å². The second-order valence-electron chi connectivity index (χ2n) is 10.0. The summed E-state index contributed by atoms with van der Waals surface area (Å²) in [4.78, 5) is 39.7. The summed E-state index contributed by atoms with van der Waals surface area (Å²) in [5.41, 5.74) is 9.68. The SMILES string of the molecule is Cc1ccccc1[C@H]1[C@H](C2(C(N)=O)CC2)CC(=O)N1c1ccc2c(cnn2-c2ccc(=O)n(C)c2)c1. The van der Waals surface area contributed by atoms with Crippen molar-refractivity contribution in [2.24, 2.45) is 24.1 Å². The quantitative estimate of drug-likeness (QED) is 0.472. The highest BCUT2D eigenvalue weighted by Gasteiger charge is 2.61. The van der Waals surface area contributed by atoms with Crippen molar-refractivity contribution >= 4 is 28.4 Å². The fourth-order valence-corrected chi connectivity index (χ4v) is 5.82. The third-order valence-electron chi connectivity index (χ3n) is 7.96. The molecule has 0 unspecified atom stereocenters. The van der Waals surface area contributed by atoms with Crippen LogP contribution >= 0.6 is 0 Å². The van der Waals surface area contributed by atoms with Crippen LogP contribution in [-0.2, 0) is 16.6 Å². The number of hydrogen-bond donors (Lipinski definition) is 1. The molecule has 2 fully saturated rings. The number of pyridine rings is 1. The van der Waals surface area contributed by atoms with Gasteiger partial charge in [0.05, 0.1) is 28.9 Å². The first-order chi connectivity index (χ1) is 17.3. The van der Waals surface area contributed by atoms with Gasteiger partial charge in [0, 0.05) is 42.7 Å². The number of nitrogens with two attached hydrogens (primary N) is 1. The molecule has 0 radical (unpaired) electrons. The largest absolute Gasteiger partial charge is 0.369 e. The summed E-state index contributed by atoms with van der Waals surface area (Å²) in [5.74, 6) is -0.493. The van der Waals surface area contributed by atoms with Crippen molar-refractivity contribution in [1.82, 2.24) is 14.3 Å². The standard InChI is InChI=1S/C28H27N5O3/c1-17-5-3-4-6-21(17)26-22(28(11-12-28)27(29)36)14-25(35)32(26)19-7-9-23-18(13-19)15-30-33(23)20-8-10-24(34)31(2)16-20/h3-10,13,15-16,22,26H,11-12,14H2,1-2H3,(H2,29,36)/t22-,26+/m1/s1. The van der Waals surface area contributed by atoms with Crippen molar-refractivity contribution < 1.29 is 9.59 Å². The van der Waals surface area contributed by atoms with E-state index in [0.29, 0.717) is 0 Å². The van der Waals surface area contributed by atoms with Crippen molar-refractivity contribution in [3.63, 3.8) is 0 Å². The Morgan fingerprint density at radius 2 is 1.81 bits per heavy atom. The highest BCUT2D eigenvalue weighted by atomic mass is 16.2. The van der Waals surface area contributed by atoms with Gasteiger partial charge in [0.1, 0.15) is 0 Å². The molecule has 2 amide bonds. The van der Waals surface area contributed by atoms with Crippen LogP contribution in [-0.4, -0.2) is 26.2 Å². The van der Waals surface area contributed by atoms with E-state index in [1.54, 1.807) is 30.2 Å². The van der Waals surface area contributed by atoms with Crippen molar-refractivity contribution in [2.45, 2.75) is 32.2 Å². The molecule has 4 aromatic rings. The predicted octanol–water partition coefficient (Wildman–Crippen LogP) is 3.39. The zero-order valence-corrected chi connectivity index (χ0v) is 20.2. The number of carbonyl (C=O) groups excluding carboxylic acids is 2. The molecule has 2 atom stereocenters. The van der Waals surface area contributed by atoms with Gasteiger partial charge in [-0.25, -0.2) is 4.68 Å². The first kappa shape index (κ1) is 22.3. The van der Waals surface area contributed by atoms with Gasteiger partial charge in [0.15, 0.2) is 0 Å². The molecule has 1 aliphatic carbocycles. The first-order valence-corrected chi connectivity index (χ1v) is 12.1. The zero-order valence-electron chi connectivity index (χ0n) is 20.2. The van der Waals surface area contributed by atoms with Gasteiger partial charge in [-0.15, -0.1) is 0 Å². The molecular weight excluding hydrogens is 454 g/mol. The molecule has 1 saturated carbocycles. The van der Waals surface area contributed by atoms with E-state index in [1.165, 1.54) is 10.6 Å². The number of aromatic nitrogens is 3. The van der Waals surface area contributed by atoms with Crippen molar-refractivity contribution in [2.75, 3.05) is 4.90 Å². The lowest BCUT2D eigenvalue weighted by Crippen LogP contribution is -2.36. The van der Waals surface area contributed by atoms with Crippen molar-refractivity contribution in [3.05, 3.63) is 88.5 Å². The Hall–Kier alpha value is -4.20. The molecule has 0 spiro atoms. The molecule has 8 nitrogen and oxygen atoms in total. The molecule has 0 bridgehead atoms. The van der Waals surface area contributed by atoms with E-state index in [4.69, 9.17) is 5.73 Å². The minimum atomic E-state index is -0.629. The molecule has 2 N–H and O–H groups in total. The molecule has 1 saturated heterocycles. The van der Waals surface area contributed by atoms with Crippen LogP contribution in [0.15, 0.2) is 71.8 Å². The van der Waals surface area contributed by atoms with E-state index in [0.717, 1.165) is 46.2 Å². The van der Waals surface area contributed by atoms with Crippen LogP contribution < -0.4 is 16.2 Å². The summed E-state index contributed by atoms with van der Waals surface area (Å²) >= 11 is 0. The van der Waals surface area contributed by atoms with Crippen LogP contribution in [0.5, 0.6) is 0 Å². The van der Waals surface area contributed by atoms with E-state index in [2.05, 4.69) is 5.10 Å². The molecule has 1 aliphatic heterocycles. The monoisotopic (exact) mass is 481 g/mol. The smallest absolute Gasteiger partial charge is 0.250 e. The van der Waals surface area contributed by atoms with E-state index in [9.17, 15) is 14.4 Å². The molecule has 36 heavy (non-hydrogen) atoms. The average molecular weight is 482 g/mol. The molecule has 6 rings (SSSR count). The van der Waals surface area contributed by atoms with E-state index < -0.39 is 5.41 Å². The van der Waals surface area contributed by atoms with Crippen LogP contribution in [0.2, 0.25) is 0 Å². The lowest BCUT2D eigenvalue weighted by atomic mass is 9.78. The number of anilines is 1. The summed E-state index contributed by atoms with van der Waals surface area (Å²) in [5, 5.41) is 5.41. The summed E-state index contributed by atoms with van der Waals surface area (Å²) in [7, 11) is 1.70. The molecule has 182 valence electrons. The van der Waals surface area contributed by atoms with Gasteiger partial charge < -0.3 is 15.2 Å². The van der Waals surface area contributed by atoms with Gasteiger partial charge in [-0.1, -0.05) is 24.3 Å². The van der Waals surface area contributed by atoms with Crippen LogP contribution in [0, 0.1) is 18.3 Å². The van der Waals surface area contributed by atoms with Crippen molar-refractivity contribution in [3.8, 4) is 5.69 Å². The number of aryl methyl sites for hydroxylation is 2. The fourth-order valence-electron chi connectivity index (χ4n) is 5.82. The second-order valence-corrected chi connectivity index (χ2v) is 10.0. The maximum absolute atomic E-state index is 13.5. The Balaban J connectivity index is 1.46. The Labute approximate surface area is 207 Å². The van der Waals surface area contributed by atoms with E-state index >= 15 is 0 Å². The Morgan fingerprint density at radius 1 is 1.06 bits per heavy atom. The second kappa shape index (κ2) is 7.91. The third-order valence-corrected chi connectivity index (χ3v) is 7.96. The summed E-state index contributed by atoms with van der Waals surface area (Å²) in [6.45, 7) is 2.04. The van der Waals surface area contributed by atoms with E-state index in [1.807, 2.05) is 54.3 Å². The van der Waals surface area contributed by atoms with Gasteiger partial charge in [-0.05, 0) is 55.2 Å². The zero-order chi connectivity index (χ0) is 25.2. The highest BCUT2D eigenvalue weighted by molar-refractivity contribution is 6.00. The molecule has 8 heteroatoms. The number of rotatable bonds is 5. The number of benzene rings is 2. The van der Waals surface area contributed by atoms with Gasteiger partial charge in [-0.3, -0.25) is 14.4 Å². The topological polar surface area (TPSA) is 103 Å². The number of primary amides is 1. The predicted molar refractivity (Wildman–Crippen MR) is 137 cm³/mol. The Bertz CT molecular complexity index is 1600. The highest BCUT2D eigenvalue weighted by Crippen LogP contribution is 2.61. The molecule has 2 aromatic heterocycles. The normalized spacial score (nSPS) is 20.7. The number of fused-ring (bicyclic) bond motifs is 1. The lowest BCUT2D eigenvalue weighted by molar-refractivity contribution is -0.125. The third kappa shape index (κ3) is 3.28. The van der Waals surface area contributed by atoms with E-state index in [-0.39, 0.29) is 35.8 Å². The van der Waals surface area contributed by atoms with Crippen LogP contribution in [0.1, 0.15) is 36.4 Å². The lowest BCUT2D eigenvalue weighted by Gasteiger charge is -2.33. The van der Waals surface area contributed by atoms with Crippen LogP contribution in [0.3, 0.4) is 0 Å². The van der Waals surface area contributed by atoms with Crippen molar-refractivity contribution in [1.29, 1.82) is 0 Å². The average Bonchev–Trinajstić information content (AvgIpc) is 3.46. The molecule has 2 aromatic carbocycles. The van der Waals surface area contributed by atoms with Gasteiger partial charge in [0.2, 0.25) is 17.4 Å². The molecular formula is C28H27N5O3. The van der Waals surface area contributed by atoms with Crippen LogP contribution in [0.4, 0.5) is 5.69 Å². The summed E-state index contributed by atoms with van der Waals surface area (Å²) in [6, 6.07) is 16.9. The Morgan fingerprint density at radius 3 is 2.50 bits per heavy atom.